The van der Waals surface area contributed by atoms with Crippen LogP contribution in [-0.2, 0) is 0 Å². The summed E-state index contributed by atoms with van der Waals surface area (Å²) < 4.78 is 0. The molecule has 1 heterocycles. The number of amides is 1. The Balaban J connectivity index is 2.77. The second-order valence-electron chi connectivity index (χ2n) is 5.88. The van der Waals surface area contributed by atoms with Crippen LogP contribution in [-0.4, -0.2) is 16.9 Å². The SMILES string of the molecule is CCC(C)CC(C)NC(=O)c1cc(Cl)nc(C(C)C)c1. The molecule has 0 aliphatic rings. The predicted molar refractivity (Wildman–Crippen MR) is 84.3 cm³/mol. The molecule has 20 heavy (non-hydrogen) atoms. The van der Waals surface area contributed by atoms with Crippen LogP contribution >= 0.6 is 11.6 Å². The van der Waals surface area contributed by atoms with Gasteiger partial charge in [0.15, 0.2) is 0 Å². The minimum atomic E-state index is -0.0768. The van der Waals surface area contributed by atoms with Gasteiger partial charge in [0.05, 0.1) is 0 Å². The molecule has 3 nitrogen and oxygen atoms in total. The van der Waals surface area contributed by atoms with Gasteiger partial charge in [0.2, 0.25) is 0 Å². The third kappa shape index (κ3) is 5.12. The van der Waals surface area contributed by atoms with E-state index in [1.807, 2.05) is 26.8 Å². The van der Waals surface area contributed by atoms with Gasteiger partial charge >= 0.3 is 0 Å². The second kappa shape index (κ2) is 7.63. The van der Waals surface area contributed by atoms with E-state index >= 15 is 0 Å². The summed E-state index contributed by atoms with van der Waals surface area (Å²) in [5.74, 6) is 0.780. The molecule has 1 N–H and O–H groups in total. The van der Waals surface area contributed by atoms with Crippen molar-refractivity contribution in [3.05, 3.63) is 28.5 Å². The number of halogens is 1. The molecular formula is C16H25ClN2O. The van der Waals surface area contributed by atoms with E-state index in [1.54, 1.807) is 6.07 Å². The molecule has 112 valence electrons. The summed E-state index contributed by atoms with van der Waals surface area (Å²) in [6.45, 7) is 10.5. The zero-order valence-corrected chi connectivity index (χ0v) is 13.8. The number of rotatable bonds is 6. The lowest BCUT2D eigenvalue weighted by Gasteiger charge is -2.18. The number of carbonyl (C=O) groups excluding carboxylic acids is 1. The van der Waals surface area contributed by atoms with E-state index in [0.717, 1.165) is 18.5 Å². The maximum absolute atomic E-state index is 12.3. The van der Waals surface area contributed by atoms with E-state index in [1.165, 1.54) is 0 Å². The molecule has 0 aliphatic carbocycles. The van der Waals surface area contributed by atoms with Crippen molar-refractivity contribution < 1.29 is 4.79 Å². The molecule has 0 fully saturated rings. The maximum atomic E-state index is 12.3. The van der Waals surface area contributed by atoms with Crippen molar-refractivity contribution in [2.24, 2.45) is 5.92 Å². The van der Waals surface area contributed by atoms with Crippen LogP contribution in [0.3, 0.4) is 0 Å². The van der Waals surface area contributed by atoms with Crippen molar-refractivity contribution in [3.8, 4) is 0 Å². The largest absolute Gasteiger partial charge is 0.350 e. The number of carbonyl (C=O) groups is 1. The molecule has 0 bridgehead atoms. The highest BCUT2D eigenvalue weighted by molar-refractivity contribution is 6.29. The number of pyridine rings is 1. The normalized spacial score (nSPS) is 14.2. The number of aromatic nitrogens is 1. The molecule has 0 saturated heterocycles. The summed E-state index contributed by atoms with van der Waals surface area (Å²) in [4.78, 5) is 16.5. The van der Waals surface area contributed by atoms with Crippen molar-refractivity contribution in [2.75, 3.05) is 0 Å². The van der Waals surface area contributed by atoms with Crippen LogP contribution in [0.4, 0.5) is 0 Å². The van der Waals surface area contributed by atoms with Crippen molar-refractivity contribution in [2.45, 2.75) is 59.4 Å². The van der Waals surface area contributed by atoms with Crippen molar-refractivity contribution in [3.63, 3.8) is 0 Å². The average molecular weight is 297 g/mol. The summed E-state index contributed by atoms with van der Waals surface area (Å²) in [7, 11) is 0. The summed E-state index contributed by atoms with van der Waals surface area (Å²) in [5, 5.41) is 3.40. The second-order valence-corrected chi connectivity index (χ2v) is 6.27. The first kappa shape index (κ1) is 17.0. The molecule has 1 aromatic heterocycles. The Hall–Kier alpha value is -1.09. The first-order valence-corrected chi connectivity index (χ1v) is 7.69. The molecule has 0 spiro atoms. The standard InChI is InChI=1S/C16H25ClN2O/c1-6-11(4)7-12(5)18-16(20)13-8-14(10(2)3)19-15(17)9-13/h8-12H,6-7H2,1-5H3,(H,18,20). The van der Waals surface area contributed by atoms with Crippen LogP contribution in [0.2, 0.25) is 5.15 Å². The number of nitrogens with zero attached hydrogens (tertiary/aromatic N) is 1. The minimum Gasteiger partial charge on any atom is -0.350 e. The fraction of sp³-hybridized carbons (Fsp3) is 0.625. The quantitative estimate of drug-likeness (QED) is 0.790. The van der Waals surface area contributed by atoms with Gasteiger partial charge in [-0.15, -0.1) is 0 Å². The Kier molecular flexibility index (Phi) is 6.47. The van der Waals surface area contributed by atoms with E-state index < -0.39 is 0 Å². The molecule has 1 aromatic rings. The van der Waals surface area contributed by atoms with Crippen LogP contribution in [0.15, 0.2) is 12.1 Å². The first-order chi connectivity index (χ1) is 9.33. The highest BCUT2D eigenvalue weighted by atomic mass is 35.5. The molecule has 0 aromatic carbocycles. The van der Waals surface area contributed by atoms with Gasteiger partial charge in [-0.3, -0.25) is 4.79 Å². The molecule has 2 unspecified atom stereocenters. The minimum absolute atomic E-state index is 0.0768. The lowest BCUT2D eigenvalue weighted by Crippen LogP contribution is -2.33. The summed E-state index contributed by atoms with van der Waals surface area (Å²) in [6.07, 6.45) is 2.11. The Morgan fingerprint density at radius 3 is 2.50 bits per heavy atom. The van der Waals surface area contributed by atoms with E-state index in [9.17, 15) is 4.79 Å². The number of hydrogen-bond donors (Lipinski definition) is 1. The smallest absolute Gasteiger partial charge is 0.251 e. The zero-order valence-electron chi connectivity index (χ0n) is 13.0. The van der Waals surface area contributed by atoms with Crippen LogP contribution in [0, 0.1) is 5.92 Å². The average Bonchev–Trinajstić information content (AvgIpc) is 2.37. The zero-order chi connectivity index (χ0) is 15.3. The predicted octanol–water partition coefficient (Wildman–Crippen LogP) is 4.41. The first-order valence-electron chi connectivity index (χ1n) is 7.31. The van der Waals surface area contributed by atoms with Gasteiger partial charge in [-0.1, -0.05) is 45.7 Å². The summed E-state index contributed by atoms with van der Waals surface area (Å²) >= 11 is 5.99. The Morgan fingerprint density at radius 1 is 1.30 bits per heavy atom. The highest BCUT2D eigenvalue weighted by Crippen LogP contribution is 2.18. The van der Waals surface area contributed by atoms with Crippen LogP contribution < -0.4 is 5.32 Å². The number of nitrogens with one attached hydrogen (secondary N) is 1. The molecule has 0 saturated carbocycles. The summed E-state index contributed by atoms with van der Waals surface area (Å²) in [5.41, 5.74) is 1.43. The Labute approximate surface area is 127 Å². The lowest BCUT2D eigenvalue weighted by molar-refractivity contribution is 0.0935. The van der Waals surface area contributed by atoms with Crippen molar-refractivity contribution >= 4 is 17.5 Å². The van der Waals surface area contributed by atoms with Gasteiger partial charge in [0.25, 0.3) is 5.91 Å². The third-order valence-electron chi connectivity index (χ3n) is 3.50. The van der Waals surface area contributed by atoms with Gasteiger partial charge < -0.3 is 5.32 Å². The molecular weight excluding hydrogens is 272 g/mol. The molecule has 0 aliphatic heterocycles. The van der Waals surface area contributed by atoms with E-state index in [2.05, 4.69) is 24.1 Å². The van der Waals surface area contributed by atoms with Crippen LogP contribution in [0.25, 0.3) is 0 Å². The highest BCUT2D eigenvalue weighted by Gasteiger charge is 2.14. The molecule has 4 heteroatoms. The van der Waals surface area contributed by atoms with Gasteiger partial charge in [-0.25, -0.2) is 4.98 Å². The monoisotopic (exact) mass is 296 g/mol. The fourth-order valence-electron chi connectivity index (χ4n) is 2.08. The van der Waals surface area contributed by atoms with Gasteiger partial charge in [-0.05, 0) is 37.3 Å². The van der Waals surface area contributed by atoms with Crippen molar-refractivity contribution in [1.82, 2.24) is 10.3 Å². The van der Waals surface area contributed by atoms with Crippen LogP contribution in [0.1, 0.15) is 69.4 Å². The molecule has 1 amide bonds. The topological polar surface area (TPSA) is 42.0 Å². The lowest BCUT2D eigenvalue weighted by atomic mass is 10.00. The Bertz CT molecular complexity index is 460. The van der Waals surface area contributed by atoms with Crippen molar-refractivity contribution in [1.29, 1.82) is 0 Å². The fourth-order valence-corrected chi connectivity index (χ4v) is 2.30. The Morgan fingerprint density at radius 2 is 1.95 bits per heavy atom. The van der Waals surface area contributed by atoms with Gasteiger partial charge in [-0.2, -0.15) is 0 Å². The molecule has 1 rings (SSSR count). The van der Waals surface area contributed by atoms with E-state index in [4.69, 9.17) is 11.6 Å². The van der Waals surface area contributed by atoms with Gasteiger partial charge in [0, 0.05) is 17.3 Å². The van der Waals surface area contributed by atoms with Crippen LogP contribution in [0.5, 0.6) is 0 Å². The molecule has 0 radical (unpaired) electrons. The molecule has 2 atom stereocenters. The maximum Gasteiger partial charge on any atom is 0.251 e. The van der Waals surface area contributed by atoms with Gasteiger partial charge in [0.1, 0.15) is 5.15 Å². The summed E-state index contributed by atoms with van der Waals surface area (Å²) in [6, 6.07) is 3.60. The third-order valence-corrected chi connectivity index (χ3v) is 3.69. The number of hydrogen-bond acceptors (Lipinski definition) is 2. The van der Waals surface area contributed by atoms with E-state index in [-0.39, 0.29) is 17.9 Å². The van der Waals surface area contributed by atoms with E-state index in [0.29, 0.717) is 16.6 Å².